The zero-order valence-corrected chi connectivity index (χ0v) is 11.7. The second-order valence-electron chi connectivity index (χ2n) is 4.81. The highest BCUT2D eigenvalue weighted by molar-refractivity contribution is 5.75. The van der Waals surface area contributed by atoms with Gasteiger partial charge >= 0.3 is 0 Å². The van der Waals surface area contributed by atoms with Crippen LogP contribution in [-0.4, -0.2) is 19.5 Å². The van der Waals surface area contributed by atoms with Crippen LogP contribution in [0.1, 0.15) is 24.3 Å². The number of nitrogens with two attached hydrogens (primary N) is 1. The maximum absolute atomic E-state index is 5.82. The molecule has 0 fully saturated rings. The lowest BCUT2D eigenvalue weighted by Crippen LogP contribution is -2.06. The number of nitrogens with zero attached hydrogens (tertiary/aromatic N) is 4. The van der Waals surface area contributed by atoms with Crippen LogP contribution >= 0.6 is 0 Å². The second-order valence-corrected chi connectivity index (χ2v) is 4.81. The van der Waals surface area contributed by atoms with E-state index in [1.807, 2.05) is 38.2 Å². The molecule has 0 unspecified atom stereocenters. The molecule has 0 bridgehead atoms. The number of aromatic nitrogens is 4. The molecule has 3 rings (SSSR count). The maximum atomic E-state index is 5.82. The highest BCUT2D eigenvalue weighted by Crippen LogP contribution is 2.17. The Morgan fingerprint density at radius 2 is 1.95 bits per heavy atom. The number of aryl methyl sites for hydroxylation is 2. The smallest absolute Gasteiger partial charge is 0.130 e. The highest BCUT2D eigenvalue weighted by Gasteiger charge is 2.10. The molecule has 2 heterocycles. The standard InChI is InChI=1S/C15H17N5/c1-3-14-17-10(8-13(16)19-14)9-15-18-11-6-4-5-7-12(11)20(15)2/h4-8H,3,9H2,1-2H3,(H2,16,17,19). The second kappa shape index (κ2) is 4.92. The zero-order chi connectivity index (χ0) is 14.1. The molecule has 0 aliphatic carbocycles. The summed E-state index contributed by atoms with van der Waals surface area (Å²) in [5.41, 5.74) is 8.86. The molecule has 0 aliphatic rings. The fraction of sp³-hybridized carbons (Fsp3) is 0.267. The van der Waals surface area contributed by atoms with Crippen molar-refractivity contribution < 1.29 is 0 Å². The van der Waals surface area contributed by atoms with E-state index < -0.39 is 0 Å². The molecule has 2 N–H and O–H groups in total. The molecule has 1 aromatic carbocycles. The molecule has 0 radical (unpaired) electrons. The van der Waals surface area contributed by atoms with Crippen LogP contribution in [0.4, 0.5) is 5.82 Å². The molecule has 0 saturated heterocycles. The summed E-state index contributed by atoms with van der Waals surface area (Å²) in [5, 5.41) is 0. The summed E-state index contributed by atoms with van der Waals surface area (Å²) in [6.07, 6.45) is 1.44. The summed E-state index contributed by atoms with van der Waals surface area (Å²) in [6, 6.07) is 9.92. The molecule has 3 aromatic rings. The van der Waals surface area contributed by atoms with E-state index in [2.05, 4.69) is 25.6 Å². The Kier molecular flexibility index (Phi) is 3.10. The van der Waals surface area contributed by atoms with Crippen molar-refractivity contribution in [2.45, 2.75) is 19.8 Å². The summed E-state index contributed by atoms with van der Waals surface area (Å²) in [5.74, 6) is 2.27. The van der Waals surface area contributed by atoms with E-state index in [0.29, 0.717) is 12.2 Å². The van der Waals surface area contributed by atoms with Crippen LogP contribution in [0.15, 0.2) is 30.3 Å². The topological polar surface area (TPSA) is 69.6 Å². The molecule has 102 valence electrons. The first-order valence-electron chi connectivity index (χ1n) is 6.70. The van der Waals surface area contributed by atoms with E-state index >= 15 is 0 Å². The van der Waals surface area contributed by atoms with Gasteiger partial charge in [-0.15, -0.1) is 0 Å². The van der Waals surface area contributed by atoms with Crippen molar-refractivity contribution >= 4 is 16.9 Å². The van der Waals surface area contributed by atoms with Crippen molar-refractivity contribution in [2.24, 2.45) is 7.05 Å². The molecule has 2 aromatic heterocycles. The first-order valence-corrected chi connectivity index (χ1v) is 6.70. The predicted octanol–water partition coefficient (Wildman–Crippen LogP) is 2.10. The van der Waals surface area contributed by atoms with Gasteiger partial charge in [-0.1, -0.05) is 19.1 Å². The molecule has 0 amide bonds. The molecule has 0 aliphatic heterocycles. The minimum Gasteiger partial charge on any atom is -0.384 e. The number of imidazole rings is 1. The molecular formula is C15H17N5. The number of rotatable bonds is 3. The zero-order valence-electron chi connectivity index (χ0n) is 11.7. The van der Waals surface area contributed by atoms with Crippen molar-refractivity contribution in [3.05, 3.63) is 47.7 Å². The lowest BCUT2D eigenvalue weighted by molar-refractivity contribution is 0.816. The largest absolute Gasteiger partial charge is 0.384 e. The summed E-state index contributed by atoms with van der Waals surface area (Å²) in [4.78, 5) is 13.4. The first-order chi connectivity index (χ1) is 9.67. The number of anilines is 1. The summed E-state index contributed by atoms with van der Waals surface area (Å²) in [6.45, 7) is 2.02. The number of benzene rings is 1. The number of hydrogen-bond donors (Lipinski definition) is 1. The number of fused-ring (bicyclic) bond motifs is 1. The van der Waals surface area contributed by atoms with Gasteiger partial charge in [-0.05, 0) is 12.1 Å². The first kappa shape index (κ1) is 12.6. The lowest BCUT2D eigenvalue weighted by Gasteiger charge is -2.05. The van der Waals surface area contributed by atoms with Gasteiger partial charge in [0.25, 0.3) is 0 Å². The van der Waals surface area contributed by atoms with E-state index in [1.54, 1.807) is 0 Å². The van der Waals surface area contributed by atoms with Gasteiger partial charge in [-0.25, -0.2) is 15.0 Å². The Bertz CT molecular complexity index is 760. The van der Waals surface area contributed by atoms with Gasteiger partial charge in [0.05, 0.1) is 16.7 Å². The predicted molar refractivity (Wildman–Crippen MR) is 79.3 cm³/mol. The molecule has 0 saturated carbocycles. The van der Waals surface area contributed by atoms with Gasteiger partial charge in [0.15, 0.2) is 0 Å². The third-order valence-electron chi connectivity index (χ3n) is 3.38. The average Bonchev–Trinajstić information content (AvgIpc) is 2.75. The van der Waals surface area contributed by atoms with Crippen LogP contribution in [-0.2, 0) is 19.9 Å². The van der Waals surface area contributed by atoms with Gasteiger partial charge in [0.1, 0.15) is 17.5 Å². The van der Waals surface area contributed by atoms with E-state index in [9.17, 15) is 0 Å². The minimum atomic E-state index is 0.519. The highest BCUT2D eigenvalue weighted by atomic mass is 15.1. The SMILES string of the molecule is CCc1nc(N)cc(Cc2nc3ccccc3n2C)n1. The number of para-hydroxylation sites is 2. The van der Waals surface area contributed by atoms with Crippen molar-refractivity contribution in [1.82, 2.24) is 19.5 Å². The average molecular weight is 267 g/mol. The van der Waals surface area contributed by atoms with Crippen molar-refractivity contribution in [3.8, 4) is 0 Å². The van der Waals surface area contributed by atoms with Gasteiger partial charge in [0.2, 0.25) is 0 Å². The minimum absolute atomic E-state index is 0.519. The van der Waals surface area contributed by atoms with E-state index in [0.717, 1.165) is 34.8 Å². The molecule has 5 heteroatoms. The monoisotopic (exact) mass is 267 g/mol. The van der Waals surface area contributed by atoms with Crippen LogP contribution in [0.5, 0.6) is 0 Å². The molecule has 0 atom stereocenters. The van der Waals surface area contributed by atoms with Gasteiger partial charge in [-0.2, -0.15) is 0 Å². The van der Waals surface area contributed by atoms with Crippen LogP contribution in [0.2, 0.25) is 0 Å². The Morgan fingerprint density at radius 3 is 2.70 bits per heavy atom. The fourth-order valence-corrected chi connectivity index (χ4v) is 2.34. The lowest BCUT2D eigenvalue weighted by atomic mass is 10.2. The Labute approximate surface area is 117 Å². The van der Waals surface area contributed by atoms with Gasteiger partial charge < -0.3 is 10.3 Å². The number of hydrogen-bond acceptors (Lipinski definition) is 4. The Hall–Kier alpha value is -2.43. The van der Waals surface area contributed by atoms with Crippen LogP contribution in [0.25, 0.3) is 11.0 Å². The quantitative estimate of drug-likeness (QED) is 0.789. The van der Waals surface area contributed by atoms with Crippen LogP contribution < -0.4 is 5.73 Å². The summed E-state index contributed by atoms with van der Waals surface area (Å²) in [7, 11) is 2.02. The molecule has 0 spiro atoms. The fourth-order valence-electron chi connectivity index (χ4n) is 2.34. The van der Waals surface area contributed by atoms with E-state index in [4.69, 9.17) is 5.73 Å². The van der Waals surface area contributed by atoms with Crippen molar-refractivity contribution in [1.29, 1.82) is 0 Å². The molecule has 20 heavy (non-hydrogen) atoms. The third kappa shape index (κ3) is 2.22. The van der Waals surface area contributed by atoms with Gasteiger partial charge in [0, 0.05) is 26.0 Å². The van der Waals surface area contributed by atoms with E-state index in [-0.39, 0.29) is 0 Å². The van der Waals surface area contributed by atoms with Crippen molar-refractivity contribution in [2.75, 3.05) is 5.73 Å². The molecular weight excluding hydrogens is 250 g/mol. The van der Waals surface area contributed by atoms with Crippen LogP contribution in [0.3, 0.4) is 0 Å². The normalized spacial score (nSPS) is 11.1. The Morgan fingerprint density at radius 1 is 1.15 bits per heavy atom. The summed E-state index contributed by atoms with van der Waals surface area (Å²) < 4.78 is 2.10. The Balaban J connectivity index is 2.01. The summed E-state index contributed by atoms with van der Waals surface area (Å²) >= 11 is 0. The van der Waals surface area contributed by atoms with E-state index in [1.165, 1.54) is 0 Å². The van der Waals surface area contributed by atoms with Crippen LogP contribution in [0, 0.1) is 0 Å². The molecule has 5 nitrogen and oxygen atoms in total. The van der Waals surface area contributed by atoms with Crippen molar-refractivity contribution in [3.63, 3.8) is 0 Å². The third-order valence-corrected chi connectivity index (χ3v) is 3.38. The maximum Gasteiger partial charge on any atom is 0.130 e. The van der Waals surface area contributed by atoms with Gasteiger partial charge in [-0.3, -0.25) is 0 Å². The number of nitrogen functional groups attached to an aromatic ring is 1.